The van der Waals surface area contributed by atoms with Gasteiger partial charge < -0.3 is 5.32 Å². The average molecular weight is 252 g/mol. The molecule has 0 bridgehead atoms. The molecule has 0 radical (unpaired) electrons. The van der Waals surface area contributed by atoms with Gasteiger partial charge in [-0.25, -0.2) is 4.79 Å². The number of nitrogens with one attached hydrogen (secondary N) is 1. The summed E-state index contributed by atoms with van der Waals surface area (Å²) >= 11 is 0. The summed E-state index contributed by atoms with van der Waals surface area (Å²) in [6.07, 6.45) is 5.91. The third kappa shape index (κ3) is 2.40. The quantitative estimate of drug-likeness (QED) is 0.776. The molecule has 1 spiro atoms. The molecule has 1 aliphatic heterocycles. The lowest BCUT2D eigenvalue weighted by Gasteiger charge is -2.24. The topological polar surface area (TPSA) is 66.5 Å². The third-order valence-electron chi connectivity index (χ3n) is 3.89. The van der Waals surface area contributed by atoms with Gasteiger partial charge >= 0.3 is 6.03 Å². The first-order valence-corrected chi connectivity index (χ1v) is 6.69. The molecule has 0 aromatic carbocycles. The SMILES string of the molecule is CC(=O)CCN1C(=O)NC2(CCCCCC2)C1=O. The second kappa shape index (κ2) is 5.08. The fourth-order valence-electron chi connectivity index (χ4n) is 2.82. The molecular formula is C13H20N2O3. The summed E-state index contributed by atoms with van der Waals surface area (Å²) in [5.74, 6) is -0.131. The Hall–Kier alpha value is -1.39. The molecule has 1 saturated carbocycles. The Morgan fingerprint density at radius 1 is 1.22 bits per heavy atom. The number of hydrogen-bond acceptors (Lipinski definition) is 3. The van der Waals surface area contributed by atoms with Crippen LogP contribution in [0.25, 0.3) is 0 Å². The van der Waals surface area contributed by atoms with Crippen molar-refractivity contribution in [3.63, 3.8) is 0 Å². The highest BCUT2D eigenvalue weighted by molar-refractivity contribution is 6.07. The van der Waals surface area contributed by atoms with Gasteiger partial charge in [-0.3, -0.25) is 14.5 Å². The van der Waals surface area contributed by atoms with Gasteiger partial charge in [-0.1, -0.05) is 25.7 Å². The predicted molar refractivity (Wildman–Crippen MR) is 66.0 cm³/mol. The van der Waals surface area contributed by atoms with Gasteiger partial charge in [0, 0.05) is 13.0 Å². The maximum atomic E-state index is 12.4. The minimum Gasteiger partial charge on any atom is -0.323 e. The van der Waals surface area contributed by atoms with Crippen molar-refractivity contribution >= 4 is 17.7 Å². The molecule has 18 heavy (non-hydrogen) atoms. The molecular weight excluding hydrogens is 232 g/mol. The molecule has 5 heteroatoms. The van der Waals surface area contributed by atoms with E-state index in [1.807, 2.05) is 0 Å². The van der Waals surface area contributed by atoms with E-state index in [0.29, 0.717) is 0 Å². The summed E-state index contributed by atoms with van der Waals surface area (Å²) in [6, 6.07) is -0.330. The Morgan fingerprint density at radius 2 is 1.83 bits per heavy atom. The zero-order chi connectivity index (χ0) is 13.2. The number of carbonyl (C=O) groups excluding carboxylic acids is 3. The Bertz CT molecular complexity index is 370. The Morgan fingerprint density at radius 3 is 2.39 bits per heavy atom. The second-order valence-electron chi connectivity index (χ2n) is 5.34. The Kier molecular flexibility index (Phi) is 3.68. The van der Waals surface area contributed by atoms with Crippen LogP contribution >= 0.6 is 0 Å². The maximum Gasteiger partial charge on any atom is 0.325 e. The molecule has 100 valence electrons. The molecule has 0 aromatic rings. The van der Waals surface area contributed by atoms with Crippen LogP contribution in [0.1, 0.15) is 51.9 Å². The van der Waals surface area contributed by atoms with E-state index in [4.69, 9.17) is 0 Å². The van der Waals surface area contributed by atoms with E-state index in [1.165, 1.54) is 11.8 Å². The van der Waals surface area contributed by atoms with E-state index in [-0.39, 0.29) is 30.7 Å². The number of carbonyl (C=O) groups is 3. The normalized spacial score (nSPS) is 23.1. The Balaban J connectivity index is 2.09. The van der Waals surface area contributed by atoms with Crippen LogP contribution in [0.4, 0.5) is 4.79 Å². The van der Waals surface area contributed by atoms with Crippen molar-refractivity contribution in [2.24, 2.45) is 0 Å². The van der Waals surface area contributed by atoms with Crippen LogP contribution in [0.3, 0.4) is 0 Å². The van der Waals surface area contributed by atoms with Crippen molar-refractivity contribution in [1.82, 2.24) is 10.2 Å². The van der Waals surface area contributed by atoms with Crippen LogP contribution in [0.15, 0.2) is 0 Å². The van der Waals surface area contributed by atoms with Gasteiger partial charge in [0.05, 0.1) is 0 Å². The maximum absolute atomic E-state index is 12.4. The zero-order valence-electron chi connectivity index (χ0n) is 10.8. The summed E-state index contributed by atoms with van der Waals surface area (Å²) < 4.78 is 0. The molecule has 1 saturated heterocycles. The molecule has 1 aliphatic carbocycles. The van der Waals surface area contributed by atoms with Crippen molar-refractivity contribution in [2.45, 2.75) is 57.4 Å². The smallest absolute Gasteiger partial charge is 0.323 e. The van der Waals surface area contributed by atoms with Gasteiger partial charge in [0.15, 0.2) is 0 Å². The molecule has 0 atom stereocenters. The monoisotopic (exact) mass is 252 g/mol. The molecule has 5 nitrogen and oxygen atoms in total. The highest BCUT2D eigenvalue weighted by Gasteiger charge is 2.50. The van der Waals surface area contributed by atoms with Gasteiger partial charge in [0.1, 0.15) is 11.3 Å². The lowest BCUT2D eigenvalue weighted by molar-refractivity contribution is -0.132. The van der Waals surface area contributed by atoms with Gasteiger partial charge in [0.25, 0.3) is 5.91 Å². The highest BCUT2D eigenvalue weighted by atomic mass is 16.2. The van der Waals surface area contributed by atoms with Crippen molar-refractivity contribution in [1.29, 1.82) is 0 Å². The summed E-state index contributed by atoms with van der Waals surface area (Å²) in [7, 11) is 0. The third-order valence-corrected chi connectivity index (χ3v) is 3.89. The van der Waals surface area contributed by atoms with E-state index in [0.717, 1.165) is 38.5 Å². The van der Waals surface area contributed by atoms with Crippen LogP contribution < -0.4 is 5.32 Å². The molecule has 2 fully saturated rings. The standard InChI is InChI=1S/C13H20N2O3/c1-10(16)6-9-15-11(17)13(14-12(15)18)7-4-2-3-5-8-13/h2-9H2,1H3,(H,14,18). The van der Waals surface area contributed by atoms with Crippen LogP contribution in [-0.4, -0.2) is 34.7 Å². The Labute approximate surface area is 107 Å². The second-order valence-corrected chi connectivity index (χ2v) is 5.34. The van der Waals surface area contributed by atoms with Crippen molar-refractivity contribution < 1.29 is 14.4 Å². The van der Waals surface area contributed by atoms with E-state index >= 15 is 0 Å². The minimum atomic E-state index is -0.676. The number of nitrogens with zero attached hydrogens (tertiary/aromatic N) is 1. The fraction of sp³-hybridized carbons (Fsp3) is 0.769. The van der Waals surface area contributed by atoms with Crippen molar-refractivity contribution in [3.8, 4) is 0 Å². The summed E-state index contributed by atoms with van der Waals surface area (Å²) in [5, 5.41) is 2.86. The zero-order valence-corrected chi connectivity index (χ0v) is 10.8. The van der Waals surface area contributed by atoms with Crippen LogP contribution in [0.2, 0.25) is 0 Å². The van der Waals surface area contributed by atoms with Gasteiger partial charge in [0.2, 0.25) is 0 Å². The number of imide groups is 1. The number of urea groups is 1. The van der Waals surface area contributed by atoms with Gasteiger partial charge in [-0.2, -0.15) is 0 Å². The van der Waals surface area contributed by atoms with Gasteiger partial charge in [-0.15, -0.1) is 0 Å². The largest absolute Gasteiger partial charge is 0.325 e. The molecule has 3 amide bonds. The first-order chi connectivity index (χ1) is 8.55. The first kappa shape index (κ1) is 13.1. The summed E-state index contributed by atoms with van der Waals surface area (Å²) in [4.78, 5) is 36.4. The van der Waals surface area contributed by atoms with Crippen LogP contribution in [0, 0.1) is 0 Å². The molecule has 2 rings (SSSR count). The van der Waals surface area contributed by atoms with Crippen molar-refractivity contribution in [3.05, 3.63) is 0 Å². The number of amides is 3. The molecule has 0 aromatic heterocycles. The van der Waals surface area contributed by atoms with E-state index in [1.54, 1.807) is 0 Å². The molecule has 0 unspecified atom stereocenters. The van der Waals surface area contributed by atoms with E-state index < -0.39 is 5.54 Å². The van der Waals surface area contributed by atoms with E-state index in [2.05, 4.69) is 5.32 Å². The summed E-state index contributed by atoms with van der Waals surface area (Å²) in [5.41, 5.74) is -0.676. The lowest BCUT2D eigenvalue weighted by atomic mass is 9.90. The van der Waals surface area contributed by atoms with Crippen molar-refractivity contribution in [2.75, 3.05) is 6.54 Å². The van der Waals surface area contributed by atoms with Crippen LogP contribution in [0.5, 0.6) is 0 Å². The molecule has 1 heterocycles. The minimum absolute atomic E-state index is 0.00239. The van der Waals surface area contributed by atoms with Crippen LogP contribution in [-0.2, 0) is 9.59 Å². The molecule has 2 aliphatic rings. The first-order valence-electron chi connectivity index (χ1n) is 6.69. The summed E-state index contributed by atoms with van der Waals surface area (Å²) in [6.45, 7) is 1.68. The highest BCUT2D eigenvalue weighted by Crippen LogP contribution is 2.32. The number of ketones is 1. The lowest BCUT2D eigenvalue weighted by Crippen LogP contribution is -2.46. The fourth-order valence-corrected chi connectivity index (χ4v) is 2.82. The number of hydrogen-bond donors (Lipinski definition) is 1. The average Bonchev–Trinajstić information content (AvgIpc) is 2.49. The predicted octanol–water partition coefficient (Wildman–Crippen LogP) is 1.61. The molecule has 1 N–H and O–H groups in total. The number of rotatable bonds is 3. The number of Topliss-reactive ketones (excluding diaryl/α,β-unsaturated/α-hetero) is 1. The van der Waals surface area contributed by atoms with Gasteiger partial charge in [-0.05, 0) is 19.8 Å². The van der Waals surface area contributed by atoms with E-state index in [9.17, 15) is 14.4 Å².